The molecular weight excluding hydrogens is 289 g/mol. The van der Waals surface area contributed by atoms with Crippen molar-refractivity contribution in [1.82, 2.24) is 0 Å². The Hall–Kier alpha value is -2.70. The average Bonchev–Trinajstić information content (AvgIpc) is 2.36. The summed E-state index contributed by atoms with van der Waals surface area (Å²) < 4.78 is 44.0. The minimum atomic E-state index is -1.28. The van der Waals surface area contributed by atoms with Gasteiger partial charge in [0.15, 0.2) is 24.0 Å². The number of carbonyl (C=O) groups excluding carboxylic acids is 1. The zero-order valence-corrected chi connectivity index (χ0v) is 10.4. The van der Waals surface area contributed by atoms with Gasteiger partial charge < -0.3 is 14.9 Å². The predicted molar refractivity (Wildman–Crippen MR) is 65.9 cm³/mol. The number of benzene rings is 2. The van der Waals surface area contributed by atoms with Crippen molar-refractivity contribution in [3.8, 4) is 17.2 Å². The second-order valence-corrected chi connectivity index (χ2v) is 4.11. The molecule has 0 aliphatic carbocycles. The average molecular weight is 298 g/mol. The SMILES string of the molecule is O=C(COc1c(F)cc(F)cc1F)c1ccc(O)cc1O. The fourth-order valence-corrected chi connectivity index (χ4v) is 1.64. The topological polar surface area (TPSA) is 66.8 Å². The first-order valence-electron chi connectivity index (χ1n) is 5.71. The van der Waals surface area contributed by atoms with Crippen molar-refractivity contribution in [2.45, 2.75) is 0 Å². The van der Waals surface area contributed by atoms with E-state index in [1.54, 1.807) is 0 Å². The molecule has 0 heterocycles. The molecule has 0 radical (unpaired) electrons. The Kier molecular flexibility index (Phi) is 4.02. The third kappa shape index (κ3) is 3.25. The molecule has 0 bridgehead atoms. The van der Waals surface area contributed by atoms with E-state index in [2.05, 4.69) is 4.74 Å². The van der Waals surface area contributed by atoms with Gasteiger partial charge in [0.2, 0.25) is 5.78 Å². The molecule has 2 rings (SSSR count). The molecule has 0 aliphatic rings. The van der Waals surface area contributed by atoms with Crippen LogP contribution in [-0.2, 0) is 0 Å². The van der Waals surface area contributed by atoms with Crippen molar-refractivity contribution in [3.05, 3.63) is 53.3 Å². The maximum absolute atomic E-state index is 13.3. The number of hydrogen-bond acceptors (Lipinski definition) is 4. The van der Waals surface area contributed by atoms with Crippen LogP contribution in [0.2, 0.25) is 0 Å². The lowest BCUT2D eigenvalue weighted by atomic mass is 10.1. The van der Waals surface area contributed by atoms with Crippen LogP contribution in [0.15, 0.2) is 30.3 Å². The molecule has 0 atom stereocenters. The van der Waals surface area contributed by atoms with Gasteiger partial charge in [0.1, 0.15) is 17.3 Å². The highest BCUT2D eigenvalue weighted by Crippen LogP contribution is 2.25. The third-order valence-electron chi connectivity index (χ3n) is 2.59. The van der Waals surface area contributed by atoms with E-state index in [1.165, 1.54) is 0 Å². The van der Waals surface area contributed by atoms with E-state index >= 15 is 0 Å². The summed E-state index contributed by atoms with van der Waals surface area (Å²) in [7, 11) is 0. The molecule has 0 unspecified atom stereocenters. The minimum absolute atomic E-state index is 0.185. The lowest BCUT2D eigenvalue weighted by Gasteiger charge is -2.09. The molecule has 21 heavy (non-hydrogen) atoms. The first-order valence-corrected chi connectivity index (χ1v) is 5.71. The first kappa shape index (κ1) is 14.7. The van der Waals surface area contributed by atoms with Crippen LogP contribution in [0.3, 0.4) is 0 Å². The van der Waals surface area contributed by atoms with Gasteiger partial charge in [-0.25, -0.2) is 13.2 Å². The van der Waals surface area contributed by atoms with E-state index in [4.69, 9.17) is 5.11 Å². The number of phenolic OH excluding ortho intramolecular Hbond substituents is 2. The highest BCUT2D eigenvalue weighted by molar-refractivity contribution is 5.99. The van der Waals surface area contributed by atoms with E-state index in [9.17, 15) is 23.1 Å². The molecule has 7 heteroatoms. The molecule has 2 N–H and O–H groups in total. The molecule has 2 aromatic rings. The molecule has 4 nitrogen and oxygen atoms in total. The Labute approximate surface area is 117 Å². The molecule has 0 aromatic heterocycles. The predicted octanol–water partition coefficient (Wildman–Crippen LogP) is 2.78. The van der Waals surface area contributed by atoms with E-state index in [0.29, 0.717) is 12.1 Å². The largest absolute Gasteiger partial charge is 0.508 e. The molecule has 0 spiro atoms. The van der Waals surface area contributed by atoms with Gasteiger partial charge in [-0.2, -0.15) is 0 Å². The number of Topliss-reactive ketones (excluding diaryl/α,β-unsaturated/α-hetero) is 1. The van der Waals surface area contributed by atoms with Crippen LogP contribution in [0.25, 0.3) is 0 Å². The van der Waals surface area contributed by atoms with Crippen LogP contribution in [0.1, 0.15) is 10.4 Å². The van der Waals surface area contributed by atoms with Gasteiger partial charge in [0.05, 0.1) is 5.56 Å². The van der Waals surface area contributed by atoms with Crippen LogP contribution >= 0.6 is 0 Å². The molecular formula is C14H9F3O4. The van der Waals surface area contributed by atoms with Gasteiger partial charge in [0, 0.05) is 18.2 Å². The smallest absolute Gasteiger partial charge is 0.203 e. The molecule has 0 saturated heterocycles. The summed E-state index contributed by atoms with van der Waals surface area (Å²) in [5.74, 6) is -6.08. The van der Waals surface area contributed by atoms with E-state index in [0.717, 1.165) is 18.2 Å². The zero-order chi connectivity index (χ0) is 15.6. The normalized spacial score (nSPS) is 10.4. The Morgan fingerprint density at radius 3 is 2.24 bits per heavy atom. The van der Waals surface area contributed by atoms with Crippen molar-refractivity contribution in [3.63, 3.8) is 0 Å². The molecule has 0 fully saturated rings. The zero-order valence-electron chi connectivity index (χ0n) is 10.4. The number of halogens is 3. The fraction of sp³-hybridized carbons (Fsp3) is 0.0714. The fourth-order valence-electron chi connectivity index (χ4n) is 1.64. The van der Waals surface area contributed by atoms with Gasteiger partial charge in [-0.05, 0) is 12.1 Å². The van der Waals surface area contributed by atoms with E-state index < -0.39 is 41.3 Å². The second-order valence-electron chi connectivity index (χ2n) is 4.11. The summed E-state index contributed by atoms with van der Waals surface area (Å²) in [6.45, 7) is -0.766. The summed E-state index contributed by atoms with van der Waals surface area (Å²) in [6.07, 6.45) is 0. The van der Waals surface area contributed by atoms with Crippen LogP contribution in [0.4, 0.5) is 13.2 Å². The number of rotatable bonds is 4. The number of ether oxygens (including phenoxy) is 1. The maximum Gasteiger partial charge on any atom is 0.203 e. The standard InChI is InChI=1S/C14H9F3O4/c15-7-3-10(16)14(11(17)4-7)21-6-13(20)9-2-1-8(18)5-12(9)19/h1-5,18-19H,6H2. The molecule has 0 aliphatic heterocycles. The summed E-state index contributed by atoms with van der Waals surface area (Å²) >= 11 is 0. The number of hydrogen-bond donors (Lipinski definition) is 2. The molecule has 0 amide bonds. The van der Waals surface area contributed by atoms with Gasteiger partial charge in [-0.15, -0.1) is 0 Å². The molecule has 110 valence electrons. The van der Waals surface area contributed by atoms with Crippen molar-refractivity contribution in [1.29, 1.82) is 0 Å². The quantitative estimate of drug-likeness (QED) is 0.852. The Morgan fingerprint density at radius 2 is 1.67 bits per heavy atom. The van der Waals surface area contributed by atoms with Gasteiger partial charge in [0.25, 0.3) is 0 Å². The maximum atomic E-state index is 13.3. The second kappa shape index (κ2) is 5.74. The van der Waals surface area contributed by atoms with Crippen molar-refractivity contribution >= 4 is 5.78 Å². The molecule has 0 saturated carbocycles. The highest BCUT2D eigenvalue weighted by Gasteiger charge is 2.17. The Bertz CT molecular complexity index is 678. The van der Waals surface area contributed by atoms with Gasteiger partial charge in [-0.1, -0.05) is 0 Å². The monoisotopic (exact) mass is 298 g/mol. The van der Waals surface area contributed by atoms with Crippen molar-refractivity contribution in [2.75, 3.05) is 6.61 Å². The van der Waals surface area contributed by atoms with Crippen LogP contribution < -0.4 is 4.74 Å². The van der Waals surface area contributed by atoms with Crippen molar-refractivity contribution < 1.29 is 32.9 Å². The summed E-state index contributed by atoms with van der Waals surface area (Å²) in [6, 6.07) is 4.06. The minimum Gasteiger partial charge on any atom is -0.508 e. The Morgan fingerprint density at radius 1 is 1.05 bits per heavy atom. The van der Waals surface area contributed by atoms with Crippen LogP contribution in [-0.4, -0.2) is 22.6 Å². The number of carbonyl (C=O) groups is 1. The first-order chi connectivity index (χ1) is 9.88. The van der Waals surface area contributed by atoms with E-state index in [1.807, 2.05) is 0 Å². The van der Waals surface area contributed by atoms with Gasteiger partial charge in [-0.3, -0.25) is 4.79 Å². The van der Waals surface area contributed by atoms with E-state index in [-0.39, 0.29) is 11.3 Å². The van der Waals surface area contributed by atoms with Crippen LogP contribution in [0.5, 0.6) is 17.2 Å². The molecule has 2 aromatic carbocycles. The number of ketones is 1. The third-order valence-corrected chi connectivity index (χ3v) is 2.59. The summed E-state index contributed by atoms with van der Waals surface area (Å²) in [4.78, 5) is 11.8. The summed E-state index contributed by atoms with van der Waals surface area (Å²) in [5, 5.41) is 18.6. The lowest BCUT2D eigenvalue weighted by molar-refractivity contribution is 0.0913. The van der Waals surface area contributed by atoms with Gasteiger partial charge >= 0.3 is 0 Å². The number of phenols is 2. The van der Waals surface area contributed by atoms with Crippen LogP contribution in [0, 0.1) is 17.5 Å². The highest BCUT2D eigenvalue weighted by atomic mass is 19.1. The Balaban J connectivity index is 2.15. The lowest BCUT2D eigenvalue weighted by Crippen LogP contribution is -2.13. The summed E-state index contributed by atoms with van der Waals surface area (Å²) in [5.41, 5.74) is -0.185. The number of aromatic hydroxyl groups is 2. The van der Waals surface area contributed by atoms with Crippen molar-refractivity contribution in [2.24, 2.45) is 0 Å².